The smallest absolute Gasteiger partial charge is 0.135 e. The highest BCUT2D eigenvalue weighted by molar-refractivity contribution is 8.01. The van der Waals surface area contributed by atoms with Crippen molar-refractivity contribution in [3.8, 4) is 0 Å². The van der Waals surface area contributed by atoms with Crippen LogP contribution in [0.4, 0.5) is 0 Å². The first-order valence-corrected chi connectivity index (χ1v) is 18.6. The van der Waals surface area contributed by atoms with Crippen molar-refractivity contribution in [3.05, 3.63) is 136 Å². The maximum atomic E-state index is 5.24. The van der Waals surface area contributed by atoms with Gasteiger partial charge in [-0.3, -0.25) is 0 Å². The molecule has 3 heteroatoms. The number of hydrogen-bond acceptors (Lipinski definition) is 3. The van der Waals surface area contributed by atoms with Crippen molar-refractivity contribution in [1.82, 2.24) is 9.97 Å². The van der Waals surface area contributed by atoms with E-state index in [-0.39, 0.29) is 5.92 Å². The van der Waals surface area contributed by atoms with E-state index in [2.05, 4.69) is 145 Å². The average Bonchev–Trinajstić information content (AvgIpc) is 3.30. The third-order valence-corrected chi connectivity index (χ3v) is 10.6. The summed E-state index contributed by atoms with van der Waals surface area (Å²) in [6, 6.07) is 2.54. The first kappa shape index (κ1) is 34.6. The van der Waals surface area contributed by atoms with Crippen LogP contribution in [0.2, 0.25) is 0 Å². The molecular weight excluding hydrogens is 589 g/mol. The number of rotatable bonds is 11. The van der Waals surface area contributed by atoms with Gasteiger partial charge in [0.1, 0.15) is 5.82 Å². The second-order valence-electron chi connectivity index (χ2n) is 12.8. The van der Waals surface area contributed by atoms with Gasteiger partial charge in [-0.25, -0.2) is 9.97 Å². The number of benzene rings is 1. The van der Waals surface area contributed by atoms with Crippen LogP contribution in [0.1, 0.15) is 131 Å². The molecule has 0 radical (unpaired) electrons. The van der Waals surface area contributed by atoms with Crippen LogP contribution in [0.5, 0.6) is 0 Å². The van der Waals surface area contributed by atoms with Gasteiger partial charge in [0.25, 0.3) is 0 Å². The van der Waals surface area contributed by atoms with Crippen LogP contribution in [0.15, 0.2) is 96.0 Å². The van der Waals surface area contributed by atoms with Gasteiger partial charge in [-0.1, -0.05) is 131 Å². The summed E-state index contributed by atoms with van der Waals surface area (Å²) in [6.07, 6.45) is 43.0. The van der Waals surface area contributed by atoms with E-state index in [1.807, 2.05) is 11.8 Å². The zero-order valence-corrected chi connectivity index (χ0v) is 30.1. The largest absolute Gasteiger partial charge is 0.237 e. The monoisotopic (exact) mass is 640 g/mol. The number of aryl methyl sites for hydroxylation is 2. The van der Waals surface area contributed by atoms with Crippen molar-refractivity contribution in [1.29, 1.82) is 0 Å². The molecule has 1 aromatic carbocycles. The Kier molecular flexibility index (Phi) is 12.5. The van der Waals surface area contributed by atoms with Crippen molar-refractivity contribution >= 4 is 35.1 Å². The molecule has 0 N–H and O–H groups in total. The van der Waals surface area contributed by atoms with E-state index >= 15 is 0 Å². The van der Waals surface area contributed by atoms with Crippen LogP contribution < -0.4 is 0 Å². The Labute approximate surface area is 288 Å². The lowest BCUT2D eigenvalue weighted by atomic mass is 9.84. The molecule has 0 saturated heterocycles. The lowest BCUT2D eigenvalue weighted by Gasteiger charge is -2.20. The van der Waals surface area contributed by atoms with Gasteiger partial charge in [-0.05, 0) is 98.1 Å². The second-order valence-corrected chi connectivity index (χ2v) is 14.2. The Morgan fingerprint density at radius 2 is 1.89 bits per heavy atom. The molecule has 0 amide bonds. The summed E-state index contributed by atoms with van der Waals surface area (Å²) >= 11 is 2.04. The number of aromatic nitrogens is 2. The summed E-state index contributed by atoms with van der Waals surface area (Å²) in [5.74, 6) is 1.43. The van der Waals surface area contributed by atoms with Gasteiger partial charge in [0.15, 0.2) is 0 Å². The summed E-state index contributed by atoms with van der Waals surface area (Å²) in [4.78, 5) is 11.9. The van der Waals surface area contributed by atoms with Crippen molar-refractivity contribution in [2.24, 2.45) is 0 Å². The topological polar surface area (TPSA) is 25.8 Å². The van der Waals surface area contributed by atoms with Crippen molar-refractivity contribution in [2.75, 3.05) is 0 Å². The van der Waals surface area contributed by atoms with E-state index in [9.17, 15) is 0 Å². The average molecular weight is 641 g/mol. The Morgan fingerprint density at radius 1 is 1.02 bits per heavy atom. The number of fused-ring (bicyclic) bond motifs is 3. The van der Waals surface area contributed by atoms with Crippen molar-refractivity contribution in [2.45, 2.75) is 108 Å². The van der Waals surface area contributed by atoms with Crippen LogP contribution in [0.3, 0.4) is 0 Å². The minimum absolute atomic E-state index is 0.0894. The molecule has 2 aliphatic carbocycles. The Morgan fingerprint density at radius 3 is 2.70 bits per heavy atom. The van der Waals surface area contributed by atoms with Crippen molar-refractivity contribution in [3.63, 3.8) is 0 Å². The molecule has 1 aliphatic heterocycles. The summed E-state index contributed by atoms with van der Waals surface area (Å²) in [5.41, 5.74) is 12.0. The quantitative estimate of drug-likeness (QED) is 0.229. The van der Waals surface area contributed by atoms with Crippen LogP contribution in [-0.2, 0) is 12.8 Å². The van der Waals surface area contributed by atoms with Gasteiger partial charge in [-0.2, -0.15) is 0 Å². The van der Waals surface area contributed by atoms with E-state index in [4.69, 9.17) is 9.97 Å². The van der Waals surface area contributed by atoms with E-state index in [0.29, 0.717) is 11.2 Å². The molecule has 0 saturated carbocycles. The van der Waals surface area contributed by atoms with Crippen molar-refractivity contribution < 1.29 is 0 Å². The Balaban J connectivity index is 1.52. The minimum atomic E-state index is 0.0894. The highest BCUT2D eigenvalue weighted by Gasteiger charge is 2.31. The maximum Gasteiger partial charge on any atom is 0.135 e. The Hall–Kier alpha value is -3.69. The second kappa shape index (κ2) is 16.9. The van der Waals surface area contributed by atoms with E-state index < -0.39 is 0 Å². The zero-order chi connectivity index (χ0) is 33.2. The fourth-order valence-corrected chi connectivity index (χ4v) is 8.01. The maximum absolute atomic E-state index is 5.24. The zero-order valence-electron chi connectivity index (χ0n) is 29.3. The third kappa shape index (κ3) is 8.25. The van der Waals surface area contributed by atoms with Gasteiger partial charge < -0.3 is 0 Å². The molecule has 244 valence electrons. The molecule has 0 fully saturated rings. The lowest BCUT2D eigenvalue weighted by Crippen LogP contribution is -2.09. The van der Waals surface area contributed by atoms with Crippen LogP contribution >= 0.6 is 11.8 Å². The fourth-order valence-electron chi connectivity index (χ4n) is 6.65. The number of allylic oxidation sites excluding steroid dienone is 15. The van der Waals surface area contributed by atoms with E-state index in [0.717, 1.165) is 61.3 Å². The number of nitrogens with zero attached hydrogens (tertiary/aromatic N) is 2. The van der Waals surface area contributed by atoms with Gasteiger partial charge in [0.05, 0.1) is 11.4 Å². The molecule has 5 rings (SSSR count). The number of hydrogen-bond donors (Lipinski definition) is 0. The summed E-state index contributed by atoms with van der Waals surface area (Å²) in [6.45, 7) is 13.4. The first-order valence-electron chi connectivity index (χ1n) is 17.8. The normalized spacial score (nSPS) is 20.0. The van der Waals surface area contributed by atoms with Crippen LogP contribution in [0.25, 0.3) is 23.3 Å². The molecule has 3 unspecified atom stereocenters. The highest BCUT2D eigenvalue weighted by Crippen LogP contribution is 2.51. The SMILES string of the molecule is C/C=C\C=C/CC(C)c1cc2c(c3c1/C(=C/C=C\C(C)c1nc(CC)c(/C=C\CC)c(C4=CC=CC=CC4)n1)C(C)S3)C=CCCC2. The fraction of sp³-hybridized carbons (Fsp3) is 0.364. The molecule has 3 atom stereocenters. The summed E-state index contributed by atoms with van der Waals surface area (Å²) in [5, 5.41) is 0.403. The standard InChI is InChI=1S/C44H52N2S/c1-7-10-12-16-22-31(4)39-30-35-26-19-15-20-28-37(35)43-41(39)36(33(6)47-43)29-21-23-32(5)44-45-40(9-3)38(27-11-8-2)42(46-44)34-24-17-13-14-18-25-34/h7,10-14,16-18,20-21,23-24,27-33H,8-9,15,19,22,25-26H2,1-6H3/b10-7-,16-12-,23-21-,27-11-,36-29+. The predicted molar refractivity (Wildman–Crippen MR) is 208 cm³/mol. The lowest BCUT2D eigenvalue weighted by molar-refractivity contribution is 0.767. The minimum Gasteiger partial charge on any atom is -0.237 e. The molecule has 2 heterocycles. The van der Waals surface area contributed by atoms with Gasteiger partial charge in [-0.15, -0.1) is 11.8 Å². The molecule has 2 nitrogen and oxygen atoms in total. The molecule has 2 aromatic rings. The Bertz CT molecular complexity index is 1700. The summed E-state index contributed by atoms with van der Waals surface area (Å²) in [7, 11) is 0. The number of thioether (sulfide) groups is 1. The van der Waals surface area contributed by atoms with Gasteiger partial charge in [0.2, 0.25) is 0 Å². The molecular formula is C44H52N2S. The van der Waals surface area contributed by atoms with Crippen LogP contribution in [-0.4, -0.2) is 15.2 Å². The van der Waals surface area contributed by atoms with Crippen LogP contribution in [0, 0.1) is 0 Å². The molecule has 47 heavy (non-hydrogen) atoms. The summed E-state index contributed by atoms with van der Waals surface area (Å²) < 4.78 is 0. The molecule has 1 aromatic heterocycles. The molecule has 0 bridgehead atoms. The van der Waals surface area contributed by atoms with Gasteiger partial charge in [0, 0.05) is 21.6 Å². The molecule has 3 aliphatic rings. The predicted octanol–water partition coefficient (Wildman–Crippen LogP) is 12.6. The third-order valence-electron chi connectivity index (χ3n) is 9.30. The molecule has 0 spiro atoms. The van der Waals surface area contributed by atoms with E-state index in [1.165, 1.54) is 44.7 Å². The van der Waals surface area contributed by atoms with Gasteiger partial charge >= 0.3 is 0 Å². The first-order chi connectivity index (χ1) is 23.0. The van der Waals surface area contributed by atoms with E-state index in [1.54, 1.807) is 0 Å². The highest BCUT2D eigenvalue weighted by atomic mass is 32.2.